The fourth-order valence-electron chi connectivity index (χ4n) is 1.14. The zero-order valence-corrected chi connectivity index (χ0v) is 11.3. The maximum Gasteiger partial charge on any atom is 0.321 e. The van der Waals surface area contributed by atoms with Crippen LogP contribution in [0.25, 0.3) is 0 Å². The molecule has 0 amide bonds. The molecule has 0 bridgehead atoms. The van der Waals surface area contributed by atoms with Gasteiger partial charge in [0.05, 0.1) is 7.11 Å². The van der Waals surface area contributed by atoms with Gasteiger partial charge in [-0.2, -0.15) is 15.0 Å². The number of hydrogen-bond acceptors (Lipinski definition) is 8. The molecule has 9 heteroatoms. The summed E-state index contributed by atoms with van der Waals surface area (Å²) in [7, 11) is 5.13. The molecule has 96 valence electrons. The number of ether oxygens (including phenoxy) is 1. The minimum absolute atomic E-state index is 0.260. The summed E-state index contributed by atoms with van der Waals surface area (Å²) in [6, 6.07) is 0.260. The van der Waals surface area contributed by atoms with Crippen LogP contribution in [0.4, 0.5) is 5.95 Å². The summed E-state index contributed by atoms with van der Waals surface area (Å²) >= 11 is 1.30. The lowest BCUT2D eigenvalue weighted by Crippen LogP contribution is -2.03. The van der Waals surface area contributed by atoms with Gasteiger partial charge in [-0.3, -0.25) is 0 Å². The number of hydrogen-bond donors (Lipinski definition) is 1. The molecule has 8 nitrogen and oxygen atoms in total. The van der Waals surface area contributed by atoms with Crippen LogP contribution in [0.2, 0.25) is 0 Å². The quantitative estimate of drug-likeness (QED) is 0.857. The van der Waals surface area contributed by atoms with Gasteiger partial charge in [-0.1, -0.05) is 0 Å². The Balaban J connectivity index is 2.31. The molecule has 2 heterocycles. The average Bonchev–Trinajstić information content (AvgIpc) is 2.70. The van der Waals surface area contributed by atoms with E-state index in [1.807, 2.05) is 18.5 Å². The van der Waals surface area contributed by atoms with Crippen molar-refractivity contribution in [2.24, 2.45) is 7.05 Å². The molecule has 0 unspecified atom stereocenters. The van der Waals surface area contributed by atoms with Crippen molar-refractivity contribution in [1.82, 2.24) is 29.7 Å². The van der Waals surface area contributed by atoms with E-state index in [1.54, 1.807) is 7.05 Å². The van der Waals surface area contributed by atoms with Crippen LogP contribution in [-0.2, 0) is 7.05 Å². The zero-order chi connectivity index (χ0) is 13.1. The first kappa shape index (κ1) is 12.6. The molecule has 2 aromatic heterocycles. The highest BCUT2D eigenvalue weighted by Gasteiger charge is 2.12. The summed E-state index contributed by atoms with van der Waals surface area (Å²) in [5, 5.41) is 12.1. The van der Waals surface area contributed by atoms with Crippen molar-refractivity contribution < 1.29 is 4.74 Å². The van der Waals surface area contributed by atoms with E-state index in [0.717, 1.165) is 5.82 Å². The second-order valence-electron chi connectivity index (χ2n) is 3.37. The van der Waals surface area contributed by atoms with Crippen molar-refractivity contribution in [2.75, 3.05) is 19.5 Å². The molecule has 0 saturated heterocycles. The number of aromatic nitrogens is 6. The topological polar surface area (TPSA) is 90.6 Å². The highest BCUT2D eigenvalue weighted by Crippen LogP contribution is 2.24. The van der Waals surface area contributed by atoms with Crippen LogP contribution in [0.15, 0.2) is 10.3 Å². The van der Waals surface area contributed by atoms with E-state index in [4.69, 9.17) is 4.74 Å². The van der Waals surface area contributed by atoms with E-state index < -0.39 is 0 Å². The Morgan fingerprint density at radius 3 is 2.56 bits per heavy atom. The van der Waals surface area contributed by atoms with E-state index in [-0.39, 0.29) is 6.01 Å². The lowest BCUT2D eigenvalue weighted by molar-refractivity contribution is 0.373. The SMILES string of the molecule is CNc1nc(OC)nc(Sc2nnc(C)n2C)n1. The van der Waals surface area contributed by atoms with Crippen LogP contribution in [-0.4, -0.2) is 43.9 Å². The van der Waals surface area contributed by atoms with Gasteiger partial charge in [0.25, 0.3) is 0 Å². The van der Waals surface area contributed by atoms with E-state index in [0.29, 0.717) is 16.3 Å². The molecule has 0 fully saturated rings. The summed E-state index contributed by atoms with van der Waals surface area (Å²) < 4.78 is 6.87. The third-order valence-electron chi connectivity index (χ3n) is 2.24. The lowest BCUT2D eigenvalue weighted by Gasteiger charge is -2.04. The first-order valence-electron chi connectivity index (χ1n) is 5.15. The molecule has 18 heavy (non-hydrogen) atoms. The van der Waals surface area contributed by atoms with E-state index in [9.17, 15) is 0 Å². The minimum Gasteiger partial charge on any atom is -0.467 e. The Kier molecular flexibility index (Phi) is 3.60. The van der Waals surface area contributed by atoms with Gasteiger partial charge in [0.2, 0.25) is 11.1 Å². The predicted molar refractivity (Wildman–Crippen MR) is 65.8 cm³/mol. The maximum atomic E-state index is 5.01. The molecule has 2 aromatic rings. The zero-order valence-electron chi connectivity index (χ0n) is 10.5. The third kappa shape index (κ3) is 2.50. The predicted octanol–water partition coefficient (Wildman–Crippen LogP) is 0.510. The largest absolute Gasteiger partial charge is 0.467 e. The minimum atomic E-state index is 0.260. The molecule has 0 saturated carbocycles. The first-order chi connectivity index (χ1) is 8.63. The standard InChI is InChI=1S/C9H13N7OS/c1-5-14-15-9(16(5)3)18-8-12-6(10-2)11-7(13-8)17-4/h1-4H3,(H,10,11,12,13). The summed E-state index contributed by atoms with van der Waals surface area (Å²) in [5.74, 6) is 1.27. The molecular formula is C9H13N7OS. The lowest BCUT2D eigenvalue weighted by atomic mass is 10.7. The van der Waals surface area contributed by atoms with Crippen LogP contribution in [0.3, 0.4) is 0 Å². The van der Waals surface area contributed by atoms with Gasteiger partial charge in [0.1, 0.15) is 5.82 Å². The van der Waals surface area contributed by atoms with Crippen LogP contribution in [0.1, 0.15) is 5.82 Å². The molecule has 0 spiro atoms. The summed E-state index contributed by atoms with van der Waals surface area (Å²) in [4.78, 5) is 12.4. The summed E-state index contributed by atoms with van der Waals surface area (Å²) in [5.41, 5.74) is 0. The summed E-state index contributed by atoms with van der Waals surface area (Å²) in [6.07, 6.45) is 0. The second kappa shape index (κ2) is 5.17. The summed E-state index contributed by atoms with van der Waals surface area (Å²) in [6.45, 7) is 1.88. The Bertz CT molecular complexity index is 534. The molecule has 0 aliphatic rings. The molecule has 0 aromatic carbocycles. The number of nitrogens with one attached hydrogen (secondary N) is 1. The Morgan fingerprint density at radius 2 is 2.00 bits per heavy atom. The highest BCUT2D eigenvalue weighted by atomic mass is 32.2. The maximum absolute atomic E-state index is 5.01. The average molecular weight is 267 g/mol. The van der Waals surface area contributed by atoms with Gasteiger partial charge in [-0.05, 0) is 18.7 Å². The molecule has 0 aliphatic heterocycles. The van der Waals surface area contributed by atoms with E-state index in [2.05, 4.69) is 30.5 Å². The molecule has 1 N–H and O–H groups in total. The van der Waals surface area contributed by atoms with Crippen molar-refractivity contribution in [1.29, 1.82) is 0 Å². The van der Waals surface area contributed by atoms with Gasteiger partial charge in [0, 0.05) is 14.1 Å². The van der Waals surface area contributed by atoms with E-state index >= 15 is 0 Å². The molecular weight excluding hydrogens is 254 g/mol. The Labute approximate surface area is 108 Å². The number of anilines is 1. The van der Waals surface area contributed by atoms with Crippen molar-refractivity contribution in [2.45, 2.75) is 17.2 Å². The van der Waals surface area contributed by atoms with Crippen molar-refractivity contribution in [3.8, 4) is 6.01 Å². The number of methoxy groups -OCH3 is 1. The highest BCUT2D eigenvalue weighted by molar-refractivity contribution is 7.99. The van der Waals surface area contributed by atoms with Gasteiger partial charge >= 0.3 is 6.01 Å². The van der Waals surface area contributed by atoms with Crippen LogP contribution >= 0.6 is 11.8 Å². The Hall–Kier alpha value is -1.90. The Morgan fingerprint density at radius 1 is 1.22 bits per heavy atom. The molecule has 2 rings (SSSR count). The van der Waals surface area contributed by atoms with Crippen molar-refractivity contribution >= 4 is 17.7 Å². The van der Waals surface area contributed by atoms with Crippen LogP contribution in [0, 0.1) is 6.92 Å². The first-order valence-corrected chi connectivity index (χ1v) is 5.97. The van der Waals surface area contributed by atoms with Gasteiger partial charge < -0.3 is 14.6 Å². The van der Waals surface area contributed by atoms with E-state index in [1.165, 1.54) is 18.9 Å². The molecule has 0 radical (unpaired) electrons. The van der Waals surface area contributed by atoms with Crippen molar-refractivity contribution in [3.05, 3.63) is 5.82 Å². The number of nitrogens with zero attached hydrogens (tertiary/aromatic N) is 6. The van der Waals surface area contributed by atoms with Crippen LogP contribution in [0.5, 0.6) is 6.01 Å². The number of aryl methyl sites for hydroxylation is 1. The van der Waals surface area contributed by atoms with Gasteiger partial charge in [0.15, 0.2) is 5.16 Å². The van der Waals surface area contributed by atoms with Gasteiger partial charge in [-0.25, -0.2) is 0 Å². The monoisotopic (exact) mass is 267 g/mol. The normalized spacial score (nSPS) is 10.4. The van der Waals surface area contributed by atoms with Gasteiger partial charge in [-0.15, -0.1) is 10.2 Å². The smallest absolute Gasteiger partial charge is 0.321 e. The number of rotatable bonds is 4. The molecule has 0 atom stereocenters. The molecule has 0 aliphatic carbocycles. The van der Waals surface area contributed by atoms with Crippen LogP contribution < -0.4 is 10.1 Å². The third-order valence-corrected chi connectivity index (χ3v) is 3.14. The second-order valence-corrected chi connectivity index (χ2v) is 4.30. The fourth-order valence-corrected chi connectivity index (χ4v) is 1.91. The fraction of sp³-hybridized carbons (Fsp3) is 0.444. The van der Waals surface area contributed by atoms with Crippen molar-refractivity contribution in [3.63, 3.8) is 0 Å².